The Morgan fingerprint density at radius 2 is 1.94 bits per heavy atom. The Kier molecular flexibility index (Phi) is 3.25. The molecule has 1 saturated heterocycles. The molecule has 1 aliphatic heterocycles. The van der Waals surface area contributed by atoms with Crippen molar-refractivity contribution in [1.29, 1.82) is 0 Å². The fraction of sp³-hybridized carbons (Fsp3) is 0.462. The van der Waals surface area contributed by atoms with E-state index in [0.29, 0.717) is 6.42 Å². The molecule has 3 heteroatoms. The molecule has 86 valence electrons. The van der Waals surface area contributed by atoms with Crippen LogP contribution >= 0.6 is 0 Å². The Morgan fingerprint density at radius 3 is 2.44 bits per heavy atom. The number of anilines is 1. The molecule has 2 unspecified atom stereocenters. The van der Waals surface area contributed by atoms with Crippen LogP contribution in [0, 0.1) is 0 Å². The number of fused-ring (bicyclic) bond motifs is 2. The Labute approximate surface area is 96.0 Å². The van der Waals surface area contributed by atoms with Crippen molar-refractivity contribution >= 4 is 11.5 Å². The number of ketones is 1. The van der Waals surface area contributed by atoms with E-state index in [1.807, 2.05) is 49.2 Å². The molecule has 2 atom stereocenters. The van der Waals surface area contributed by atoms with Crippen molar-refractivity contribution in [3.05, 3.63) is 30.3 Å². The molecule has 2 aliphatic rings. The molecule has 0 radical (unpaired) electrons. The number of nitrogens with zero attached hydrogens (tertiary/aromatic N) is 1. The lowest BCUT2D eigenvalue weighted by Crippen LogP contribution is -2.35. The number of Topliss-reactive ketones (excluding diaryl/α,β-unsaturated/α-hetero) is 1. The molecule has 0 N–H and O–H groups in total. The van der Waals surface area contributed by atoms with Crippen LogP contribution < -0.4 is 5.06 Å². The molecule has 2 bridgehead atoms. The third kappa shape index (κ3) is 1.83. The predicted octanol–water partition coefficient (Wildman–Crippen LogP) is 2.56. The van der Waals surface area contributed by atoms with Gasteiger partial charge in [0.05, 0.1) is 11.7 Å². The fourth-order valence-corrected chi connectivity index (χ4v) is 2.18. The van der Waals surface area contributed by atoms with Gasteiger partial charge in [0.2, 0.25) is 0 Å². The molecule has 1 aromatic rings. The number of benzene rings is 1. The first-order chi connectivity index (χ1) is 7.84. The average Bonchev–Trinajstić information content (AvgIpc) is 2.91. The van der Waals surface area contributed by atoms with Gasteiger partial charge in [-0.2, -0.15) is 0 Å². The SMILES string of the molecule is CC.O=C1CC2CC1ON2c1ccccc1. The van der Waals surface area contributed by atoms with Gasteiger partial charge in [-0.1, -0.05) is 32.0 Å². The zero-order valence-electron chi connectivity index (χ0n) is 9.72. The summed E-state index contributed by atoms with van der Waals surface area (Å²) in [5, 5.41) is 1.88. The van der Waals surface area contributed by atoms with Crippen LogP contribution in [-0.2, 0) is 9.63 Å². The van der Waals surface area contributed by atoms with Crippen LogP contribution in [0.3, 0.4) is 0 Å². The summed E-state index contributed by atoms with van der Waals surface area (Å²) in [6, 6.07) is 10.2. The summed E-state index contributed by atoms with van der Waals surface area (Å²) >= 11 is 0. The maximum atomic E-state index is 11.3. The minimum Gasteiger partial charge on any atom is -0.297 e. The molecular weight excluding hydrogens is 202 g/mol. The van der Waals surface area contributed by atoms with Crippen molar-refractivity contribution in [3.63, 3.8) is 0 Å². The second-order valence-corrected chi connectivity index (χ2v) is 3.82. The predicted molar refractivity (Wildman–Crippen MR) is 63.2 cm³/mol. The monoisotopic (exact) mass is 219 g/mol. The van der Waals surface area contributed by atoms with Gasteiger partial charge in [0, 0.05) is 12.8 Å². The van der Waals surface area contributed by atoms with Gasteiger partial charge in [-0.15, -0.1) is 0 Å². The molecule has 1 aromatic carbocycles. The van der Waals surface area contributed by atoms with Crippen LogP contribution in [0.25, 0.3) is 0 Å². The van der Waals surface area contributed by atoms with E-state index >= 15 is 0 Å². The lowest BCUT2D eigenvalue weighted by Gasteiger charge is -2.26. The van der Waals surface area contributed by atoms with Gasteiger partial charge in [-0.25, -0.2) is 5.06 Å². The largest absolute Gasteiger partial charge is 0.297 e. The highest BCUT2D eigenvalue weighted by Crippen LogP contribution is 2.35. The van der Waals surface area contributed by atoms with Crippen molar-refractivity contribution in [2.45, 2.75) is 38.8 Å². The second kappa shape index (κ2) is 4.66. The Hall–Kier alpha value is -1.35. The summed E-state index contributed by atoms with van der Waals surface area (Å²) in [5.41, 5.74) is 1.05. The van der Waals surface area contributed by atoms with E-state index in [2.05, 4.69) is 0 Å². The van der Waals surface area contributed by atoms with Crippen molar-refractivity contribution in [2.75, 3.05) is 5.06 Å². The van der Waals surface area contributed by atoms with Crippen LogP contribution in [0.2, 0.25) is 0 Å². The molecular formula is C13H17NO2. The molecule has 0 aromatic heterocycles. The first-order valence-electron chi connectivity index (χ1n) is 5.88. The number of para-hydroxylation sites is 1. The lowest BCUT2D eigenvalue weighted by atomic mass is 10.2. The highest BCUT2D eigenvalue weighted by atomic mass is 16.7. The van der Waals surface area contributed by atoms with E-state index in [1.54, 1.807) is 0 Å². The molecule has 1 saturated carbocycles. The van der Waals surface area contributed by atoms with E-state index in [-0.39, 0.29) is 17.9 Å². The molecule has 16 heavy (non-hydrogen) atoms. The first kappa shape index (κ1) is 11.1. The lowest BCUT2D eigenvalue weighted by molar-refractivity contribution is -0.129. The zero-order valence-corrected chi connectivity index (χ0v) is 9.72. The number of carbonyl (C=O) groups excluding carboxylic acids is 1. The minimum atomic E-state index is -0.180. The van der Waals surface area contributed by atoms with Crippen LogP contribution in [-0.4, -0.2) is 17.9 Å². The summed E-state index contributed by atoms with van der Waals surface area (Å²) in [6.07, 6.45) is 1.31. The third-order valence-corrected chi connectivity index (χ3v) is 2.87. The van der Waals surface area contributed by atoms with Gasteiger partial charge >= 0.3 is 0 Å². The molecule has 3 rings (SSSR count). The number of hydrogen-bond acceptors (Lipinski definition) is 3. The number of rotatable bonds is 1. The quantitative estimate of drug-likeness (QED) is 0.727. The Bertz CT molecular complexity index is 363. The molecule has 2 fully saturated rings. The highest BCUT2D eigenvalue weighted by molar-refractivity contribution is 5.88. The zero-order chi connectivity index (χ0) is 11.5. The van der Waals surface area contributed by atoms with E-state index in [4.69, 9.17) is 4.84 Å². The van der Waals surface area contributed by atoms with Crippen LogP contribution in [0.5, 0.6) is 0 Å². The third-order valence-electron chi connectivity index (χ3n) is 2.87. The van der Waals surface area contributed by atoms with Crippen molar-refractivity contribution < 1.29 is 9.63 Å². The highest BCUT2D eigenvalue weighted by Gasteiger charge is 2.45. The van der Waals surface area contributed by atoms with Gasteiger partial charge in [0.25, 0.3) is 0 Å². The standard InChI is InChI=1S/C11H11NO2.C2H6/c13-10-6-9-7-11(10)14-12(9)8-4-2-1-3-5-8;1-2/h1-5,9,11H,6-7H2;1-2H3. The topological polar surface area (TPSA) is 29.5 Å². The number of carbonyl (C=O) groups is 1. The average molecular weight is 219 g/mol. The van der Waals surface area contributed by atoms with Crippen molar-refractivity contribution in [2.24, 2.45) is 0 Å². The smallest absolute Gasteiger partial charge is 0.166 e. The van der Waals surface area contributed by atoms with Crippen LogP contribution in [0.1, 0.15) is 26.7 Å². The molecule has 1 heterocycles. The number of hydrogen-bond donors (Lipinski definition) is 0. The van der Waals surface area contributed by atoms with Crippen LogP contribution in [0.15, 0.2) is 30.3 Å². The van der Waals surface area contributed by atoms with E-state index in [0.717, 1.165) is 12.1 Å². The van der Waals surface area contributed by atoms with Gasteiger partial charge in [-0.05, 0) is 12.1 Å². The van der Waals surface area contributed by atoms with Gasteiger partial charge < -0.3 is 0 Å². The normalized spacial score (nSPS) is 26.6. The van der Waals surface area contributed by atoms with E-state index in [9.17, 15) is 4.79 Å². The summed E-state index contributed by atoms with van der Waals surface area (Å²) in [4.78, 5) is 16.8. The maximum absolute atomic E-state index is 11.3. The van der Waals surface area contributed by atoms with Gasteiger partial charge in [0.1, 0.15) is 6.10 Å². The summed E-state index contributed by atoms with van der Waals surface area (Å²) in [6.45, 7) is 4.00. The van der Waals surface area contributed by atoms with Crippen molar-refractivity contribution in [1.82, 2.24) is 0 Å². The van der Waals surface area contributed by atoms with Gasteiger partial charge in [0.15, 0.2) is 5.78 Å². The van der Waals surface area contributed by atoms with E-state index < -0.39 is 0 Å². The fourth-order valence-electron chi connectivity index (χ4n) is 2.18. The molecule has 1 aliphatic carbocycles. The molecule has 0 amide bonds. The summed E-state index contributed by atoms with van der Waals surface area (Å²) < 4.78 is 0. The first-order valence-corrected chi connectivity index (χ1v) is 5.88. The second-order valence-electron chi connectivity index (χ2n) is 3.82. The van der Waals surface area contributed by atoms with Crippen LogP contribution in [0.4, 0.5) is 5.69 Å². The minimum absolute atomic E-state index is 0.180. The molecule has 3 nitrogen and oxygen atoms in total. The number of hydroxylamine groups is 1. The van der Waals surface area contributed by atoms with E-state index in [1.165, 1.54) is 0 Å². The Balaban J connectivity index is 0.000000457. The van der Waals surface area contributed by atoms with Crippen molar-refractivity contribution in [3.8, 4) is 0 Å². The van der Waals surface area contributed by atoms with Gasteiger partial charge in [-0.3, -0.25) is 9.63 Å². The Morgan fingerprint density at radius 1 is 1.25 bits per heavy atom. The summed E-state index contributed by atoms with van der Waals surface area (Å²) in [5.74, 6) is 0.252. The molecule has 0 spiro atoms. The summed E-state index contributed by atoms with van der Waals surface area (Å²) in [7, 11) is 0. The maximum Gasteiger partial charge on any atom is 0.166 e.